The first kappa shape index (κ1) is 22.5. The first-order chi connectivity index (χ1) is 17.7. The molecule has 1 spiro atoms. The molecule has 1 fully saturated rings. The van der Waals surface area contributed by atoms with Crippen LogP contribution in [0.5, 0.6) is 17.2 Å². The normalized spacial score (nSPS) is 18.6. The van der Waals surface area contributed by atoms with Crippen LogP contribution in [0, 0.1) is 5.41 Å². The lowest BCUT2D eigenvalue weighted by Crippen LogP contribution is -2.48. The number of rotatable bonds is 6. The van der Waals surface area contributed by atoms with Gasteiger partial charge in [-0.25, -0.2) is 0 Å². The molecule has 0 amide bonds. The predicted molar refractivity (Wildman–Crippen MR) is 143 cm³/mol. The molecule has 1 N–H and O–H groups in total. The summed E-state index contributed by atoms with van der Waals surface area (Å²) < 4.78 is 16.8. The van der Waals surface area contributed by atoms with Crippen molar-refractivity contribution in [2.24, 2.45) is 5.41 Å². The molecule has 1 saturated carbocycles. The summed E-state index contributed by atoms with van der Waals surface area (Å²) in [6, 6.07) is 34.7. The van der Waals surface area contributed by atoms with E-state index in [0.29, 0.717) is 0 Å². The number of fused-ring (bicyclic) bond motifs is 1. The van der Waals surface area contributed by atoms with Crippen LogP contribution in [-0.2, 0) is 5.41 Å². The highest BCUT2D eigenvalue weighted by Gasteiger charge is 2.68. The zero-order chi connectivity index (χ0) is 24.8. The third kappa shape index (κ3) is 3.21. The summed E-state index contributed by atoms with van der Waals surface area (Å²) >= 11 is 0. The first-order valence-electron chi connectivity index (χ1n) is 12.5. The van der Waals surface area contributed by atoms with Crippen molar-refractivity contribution < 1.29 is 14.2 Å². The van der Waals surface area contributed by atoms with Crippen LogP contribution in [0.3, 0.4) is 0 Å². The van der Waals surface area contributed by atoms with Crippen molar-refractivity contribution in [1.82, 2.24) is 0 Å². The highest BCUT2D eigenvalue weighted by molar-refractivity contribution is 5.71. The molecule has 0 aromatic heterocycles. The molecular weight excluding hydrogens is 446 g/mol. The molecule has 1 aliphatic heterocycles. The molecular formula is C32H31NO3. The van der Waals surface area contributed by atoms with Crippen LogP contribution in [0.25, 0.3) is 0 Å². The van der Waals surface area contributed by atoms with Crippen molar-refractivity contribution in [3.05, 3.63) is 119 Å². The van der Waals surface area contributed by atoms with Gasteiger partial charge in [0, 0.05) is 11.1 Å². The van der Waals surface area contributed by atoms with E-state index in [1.165, 1.54) is 22.3 Å². The van der Waals surface area contributed by atoms with Gasteiger partial charge < -0.3 is 19.5 Å². The summed E-state index contributed by atoms with van der Waals surface area (Å²) in [5.41, 5.74) is 5.72. The van der Waals surface area contributed by atoms with Crippen LogP contribution in [0.4, 0.5) is 5.69 Å². The second-order valence-electron chi connectivity index (χ2n) is 9.76. The molecule has 1 unspecified atom stereocenters. The minimum atomic E-state index is -0.402. The minimum absolute atomic E-state index is 0.0586. The number of benzene rings is 4. The SMILES string of the molecule is COc1ccc(C2(c3ccc(OC)cc3)c3cc(OC)ccc3NC(c3ccccc3)C23CC3)cc1. The van der Waals surface area contributed by atoms with E-state index in [1.54, 1.807) is 21.3 Å². The van der Waals surface area contributed by atoms with Crippen molar-refractivity contribution >= 4 is 5.69 Å². The molecule has 4 heteroatoms. The van der Waals surface area contributed by atoms with Gasteiger partial charge >= 0.3 is 0 Å². The molecule has 0 radical (unpaired) electrons. The lowest BCUT2D eigenvalue weighted by Gasteiger charge is -2.52. The number of anilines is 1. The fourth-order valence-corrected chi connectivity index (χ4v) is 6.45. The van der Waals surface area contributed by atoms with Gasteiger partial charge in [-0.05, 0) is 77.6 Å². The molecule has 1 aliphatic carbocycles. The third-order valence-electron chi connectivity index (χ3n) is 8.20. The fourth-order valence-electron chi connectivity index (χ4n) is 6.45. The molecule has 4 aromatic rings. The summed E-state index contributed by atoms with van der Waals surface area (Å²) in [5.74, 6) is 2.57. The molecule has 1 heterocycles. The second-order valence-corrected chi connectivity index (χ2v) is 9.76. The van der Waals surface area contributed by atoms with E-state index < -0.39 is 5.41 Å². The van der Waals surface area contributed by atoms with E-state index in [4.69, 9.17) is 14.2 Å². The van der Waals surface area contributed by atoms with Gasteiger partial charge in [0.1, 0.15) is 17.2 Å². The average molecular weight is 478 g/mol. The molecule has 0 saturated heterocycles. The zero-order valence-electron chi connectivity index (χ0n) is 21.0. The van der Waals surface area contributed by atoms with E-state index in [0.717, 1.165) is 35.8 Å². The van der Waals surface area contributed by atoms with Crippen LogP contribution in [0.15, 0.2) is 97.1 Å². The Bertz CT molecular complexity index is 1310. The van der Waals surface area contributed by atoms with Crippen molar-refractivity contribution in [2.75, 3.05) is 26.6 Å². The summed E-state index contributed by atoms with van der Waals surface area (Å²) in [6.07, 6.45) is 2.21. The van der Waals surface area contributed by atoms with Gasteiger partial charge in [0.15, 0.2) is 0 Å². The van der Waals surface area contributed by atoms with Crippen molar-refractivity contribution in [3.63, 3.8) is 0 Å². The Morgan fingerprint density at radius 1 is 0.639 bits per heavy atom. The van der Waals surface area contributed by atoms with Crippen LogP contribution in [-0.4, -0.2) is 21.3 Å². The maximum atomic E-state index is 5.75. The smallest absolute Gasteiger partial charge is 0.119 e. The molecule has 4 aromatic carbocycles. The third-order valence-corrected chi connectivity index (χ3v) is 8.20. The van der Waals surface area contributed by atoms with Crippen molar-refractivity contribution in [2.45, 2.75) is 24.3 Å². The number of hydrogen-bond donors (Lipinski definition) is 1. The largest absolute Gasteiger partial charge is 0.497 e. The minimum Gasteiger partial charge on any atom is -0.497 e. The molecule has 36 heavy (non-hydrogen) atoms. The second kappa shape index (κ2) is 8.63. The summed E-state index contributed by atoms with van der Waals surface area (Å²) in [7, 11) is 5.17. The molecule has 2 aliphatic rings. The Balaban J connectivity index is 1.70. The van der Waals surface area contributed by atoms with E-state index in [2.05, 4.69) is 96.3 Å². The summed E-state index contributed by atoms with van der Waals surface area (Å²) in [6.45, 7) is 0. The Kier molecular flexibility index (Phi) is 5.40. The number of methoxy groups -OCH3 is 3. The van der Waals surface area contributed by atoms with Crippen molar-refractivity contribution in [3.8, 4) is 17.2 Å². The average Bonchev–Trinajstić information content (AvgIpc) is 3.75. The van der Waals surface area contributed by atoms with Gasteiger partial charge in [-0.2, -0.15) is 0 Å². The topological polar surface area (TPSA) is 39.7 Å². The Morgan fingerprint density at radius 2 is 1.17 bits per heavy atom. The Labute approximate surface area is 212 Å². The van der Waals surface area contributed by atoms with Gasteiger partial charge in [-0.3, -0.25) is 0 Å². The molecule has 6 rings (SSSR count). The van der Waals surface area contributed by atoms with Gasteiger partial charge in [0.2, 0.25) is 0 Å². The Morgan fingerprint density at radius 3 is 1.67 bits per heavy atom. The fraction of sp³-hybridized carbons (Fsp3) is 0.250. The van der Waals surface area contributed by atoms with Crippen LogP contribution in [0.2, 0.25) is 0 Å². The van der Waals surface area contributed by atoms with Gasteiger partial charge in [-0.15, -0.1) is 0 Å². The van der Waals surface area contributed by atoms with E-state index >= 15 is 0 Å². The number of hydrogen-bond acceptors (Lipinski definition) is 4. The number of ether oxygens (including phenoxy) is 3. The highest BCUT2D eigenvalue weighted by Crippen LogP contribution is 2.73. The van der Waals surface area contributed by atoms with Crippen molar-refractivity contribution in [1.29, 1.82) is 0 Å². The lowest BCUT2D eigenvalue weighted by molar-refractivity contribution is 0.284. The number of nitrogens with one attached hydrogen (secondary N) is 1. The molecule has 0 bridgehead atoms. The van der Waals surface area contributed by atoms with E-state index in [9.17, 15) is 0 Å². The molecule has 1 atom stereocenters. The molecule has 4 nitrogen and oxygen atoms in total. The predicted octanol–water partition coefficient (Wildman–Crippen LogP) is 6.99. The lowest BCUT2D eigenvalue weighted by atomic mass is 9.54. The standard InChI is InChI=1S/C32H31NO3/c1-34-25-13-9-23(10-14-25)32(24-11-15-26(35-2)16-12-24)28-21-27(36-3)17-18-29(28)33-30(31(32)19-20-31)22-7-5-4-6-8-22/h4-18,21,30,33H,19-20H2,1-3H3. The summed E-state index contributed by atoms with van der Waals surface area (Å²) in [4.78, 5) is 0. The zero-order valence-corrected chi connectivity index (χ0v) is 21.0. The quantitative estimate of drug-likeness (QED) is 0.325. The Hall–Kier alpha value is -3.92. The summed E-state index contributed by atoms with van der Waals surface area (Å²) in [5, 5.41) is 3.95. The maximum absolute atomic E-state index is 5.75. The molecule has 182 valence electrons. The van der Waals surface area contributed by atoms with Gasteiger partial charge in [-0.1, -0.05) is 54.6 Å². The highest BCUT2D eigenvalue weighted by atomic mass is 16.5. The van der Waals surface area contributed by atoms with Crippen LogP contribution >= 0.6 is 0 Å². The maximum Gasteiger partial charge on any atom is 0.119 e. The van der Waals surface area contributed by atoms with Crippen LogP contribution < -0.4 is 19.5 Å². The van der Waals surface area contributed by atoms with Crippen LogP contribution in [0.1, 0.15) is 41.1 Å². The van der Waals surface area contributed by atoms with Gasteiger partial charge in [0.05, 0.1) is 32.8 Å². The van der Waals surface area contributed by atoms with Gasteiger partial charge in [0.25, 0.3) is 0 Å². The van der Waals surface area contributed by atoms with E-state index in [-0.39, 0.29) is 11.5 Å². The monoisotopic (exact) mass is 477 g/mol. The van der Waals surface area contributed by atoms with E-state index in [1.807, 2.05) is 6.07 Å². The first-order valence-corrected chi connectivity index (χ1v) is 12.5.